The summed E-state index contributed by atoms with van der Waals surface area (Å²) in [4.78, 5) is 31.5. The van der Waals surface area contributed by atoms with Gasteiger partial charge in [0.15, 0.2) is 5.82 Å². The molecule has 202 valence electrons. The van der Waals surface area contributed by atoms with Gasteiger partial charge in [0.2, 0.25) is 5.95 Å². The number of carboxylic acid groups (broad SMARTS) is 1. The number of amides is 1. The number of rotatable bonds is 9. The van der Waals surface area contributed by atoms with E-state index in [0.717, 1.165) is 28.9 Å². The van der Waals surface area contributed by atoms with Crippen LogP contribution in [0, 0.1) is 5.41 Å². The van der Waals surface area contributed by atoms with Crippen LogP contribution in [0.15, 0.2) is 79.1 Å². The highest BCUT2D eigenvalue weighted by Crippen LogP contribution is 2.39. The van der Waals surface area contributed by atoms with Crippen molar-refractivity contribution in [3.8, 4) is 11.4 Å². The number of nitrogens with one attached hydrogen (secondary N) is 2. The molecule has 1 unspecified atom stereocenters. The molecule has 0 aliphatic rings. The maximum Gasteiger partial charge on any atom is 0.405 e. The van der Waals surface area contributed by atoms with Crippen molar-refractivity contribution in [3.05, 3.63) is 90.3 Å². The minimum atomic E-state index is -1.04. The van der Waals surface area contributed by atoms with E-state index in [0.29, 0.717) is 24.1 Å². The monoisotopic (exact) mass is 525 g/mol. The maximum absolute atomic E-state index is 11.5. The van der Waals surface area contributed by atoms with Crippen molar-refractivity contribution in [2.24, 2.45) is 5.41 Å². The maximum atomic E-state index is 11.5. The fourth-order valence-electron chi connectivity index (χ4n) is 4.23. The zero-order chi connectivity index (χ0) is 28.0. The molecule has 4 aromatic rings. The standard InChI is InChI=1S/C30H35N7O2/c1-29(2,3)30(4,36-28(38)39)23-13-11-21(12-14-23)15-18-32-27-33-20-17-25(35-27)37(5)24-16-19-31-26(34-24)22-9-7-6-8-10-22/h6-14,16-17,19-20,36H,15,18H2,1-5H3,(H,38,39)(H,32,33,35). The van der Waals surface area contributed by atoms with Gasteiger partial charge in [0.1, 0.15) is 11.6 Å². The highest BCUT2D eigenvalue weighted by molar-refractivity contribution is 5.66. The fourth-order valence-corrected chi connectivity index (χ4v) is 4.23. The molecule has 0 aliphatic heterocycles. The number of hydrogen-bond donors (Lipinski definition) is 3. The molecule has 0 saturated heterocycles. The van der Waals surface area contributed by atoms with E-state index in [1.165, 1.54) is 0 Å². The molecule has 1 amide bonds. The van der Waals surface area contributed by atoms with E-state index >= 15 is 0 Å². The summed E-state index contributed by atoms with van der Waals surface area (Å²) in [6.45, 7) is 8.64. The molecule has 1 atom stereocenters. The molecule has 0 radical (unpaired) electrons. The van der Waals surface area contributed by atoms with Crippen LogP contribution in [0.5, 0.6) is 0 Å². The van der Waals surface area contributed by atoms with Crippen molar-refractivity contribution in [1.29, 1.82) is 0 Å². The molecule has 0 aliphatic carbocycles. The molecule has 9 heteroatoms. The topological polar surface area (TPSA) is 116 Å². The van der Waals surface area contributed by atoms with Crippen molar-refractivity contribution in [2.45, 2.75) is 39.7 Å². The van der Waals surface area contributed by atoms with E-state index in [1.54, 1.807) is 12.4 Å². The molecule has 0 saturated carbocycles. The van der Waals surface area contributed by atoms with Gasteiger partial charge in [0.25, 0.3) is 0 Å². The lowest BCUT2D eigenvalue weighted by atomic mass is 9.70. The van der Waals surface area contributed by atoms with Crippen LogP contribution >= 0.6 is 0 Å². The van der Waals surface area contributed by atoms with E-state index in [2.05, 4.69) is 25.6 Å². The summed E-state index contributed by atoms with van der Waals surface area (Å²) in [6.07, 6.45) is 3.19. The third-order valence-corrected chi connectivity index (χ3v) is 7.09. The molecule has 4 rings (SSSR count). The Bertz CT molecular complexity index is 1410. The molecule has 2 heterocycles. The molecule has 3 N–H and O–H groups in total. The minimum absolute atomic E-state index is 0.307. The lowest BCUT2D eigenvalue weighted by Gasteiger charge is -2.42. The van der Waals surface area contributed by atoms with Gasteiger partial charge in [-0.2, -0.15) is 4.98 Å². The highest BCUT2D eigenvalue weighted by atomic mass is 16.4. The van der Waals surface area contributed by atoms with E-state index in [4.69, 9.17) is 4.98 Å². The van der Waals surface area contributed by atoms with E-state index in [-0.39, 0.29) is 5.41 Å². The molecule has 2 aromatic heterocycles. The lowest BCUT2D eigenvalue weighted by Crippen LogP contribution is -2.51. The molecular weight excluding hydrogens is 490 g/mol. The van der Waals surface area contributed by atoms with Crippen LogP contribution in [-0.2, 0) is 12.0 Å². The Balaban J connectivity index is 1.40. The fraction of sp³-hybridized carbons (Fsp3) is 0.300. The number of anilines is 3. The predicted molar refractivity (Wildman–Crippen MR) is 154 cm³/mol. The molecular formula is C30H35N7O2. The molecule has 2 aromatic carbocycles. The largest absolute Gasteiger partial charge is 0.465 e. The van der Waals surface area contributed by atoms with Gasteiger partial charge in [-0.1, -0.05) is 75.4 Å². The average Bonchev–Trinajstić information content (AvgIpc) is 2.93. The summed E-state index contributed by atoms with van der Waals surface area (Å²) in [5, 5.41) is 15.4. The molecule has 0 spiro atoms. The van der Waals surface area contributed by atoms with E-state index in [1.807, 2.05) is 106 Å². The van der Waals surface area contributed by atoms with Crippen molar-refractivity contribution in [3.63, 3.8) is 0 Å². The van der Waals surface area contributed by atoms with Gasteiger partial charge < -0.3 is 20.6 Å². The van der Waals surface area contributed by atoms with Gasteiger partial charge in [-0.15, -0.1) is 0 Å². The Labute approximate surface area is 229 Å². The Kier molecular flexibility index (Phi) is 8.09. The summed E-state index contributed by atoms with van der Waals surface area (Å²) < 4.78 is 0. The number of benzene rings is 2. The zero-order valence-electron chi connectivity index (χ0n) is 23.0. The first-order valence-electron chi connectivity index (χ1n) is 12.9. The van der Waals surface area contributed by atoms with E-state index < -0.39 is 11.6 Å². The Hall–Kier alpha value is -4.53. The van der Waals surface area contributed by atoms with Gasteiger partial charge in [-0.25, -0.2) is 19.7 Å². The first-order chi connectivity index (χ1) is 18.6. The molecule has 0 fully saturated rings. The lowest BCUT2D eigenvalue weighted by molar-refractivity contribution is 0.130. The van der Waals surface area contributed by atoms with Crippen molar-refractivity contribution < 1.29 is 9.90 Å². The van der Waals surface area contributed by atoms with Crippen LogP contribution in [0.1, 0.15) is 38.8 Å². The summed E-state index contributed by atoms with van der Waals surface area (Å²) in [6, 6.07) is 21.6. The number of carbonyl (C=O) groups is 1. The third-order valence-electron chi connectivity index (χ3n) is 7.09. The summed E-state index contributed by atoms with van der Waals surface area (Å²) in [5.74, 6) is 2.62. The number of nitrogens with zero attached hydrogens (tertiary/aromatic N) is 5. The number of aromatic nitrogens is 4. The van der Waals surface area contributed by atoms with Gasteiger partial charge in [0, 0.05) is 31.5 Å². The van der Waals surface area contributed by atoms with Crippen LogP contribution in [0.2, 0.25) is 0 Å². The second kappa shape index (κ2) is 11.5. The van der Waals surface area contributed by atoms with Gasteiger partial charge in [0.05, 0.1) is 5.54 Å². The summed E-state index contributed by atoms with van der Waals surface area (Å²) in [5.41, 5.74) is 1.97. The normalized spacial score (nSPS) is 12.8. The van der Waals surface area contributed by atoms with E-state index in [9.17, 15) is 9.90 Å². The van der Waals surface area contributed by atoms with Crippen LogP contribution in [-0.4, -0.2) is 44.7 Å². The Morgan fingerprint density at radius 1 is 0.872 bits per heavy atom. The second-order valence-corrected chi connectivity index (χ2v) is 10.6. The molecule has 39 heavy (non-hydrogen) atoms. The Morgan fingerprint density at radius 3 is 2.15 bits per heavy atom. The second-order valence-electron chi connectivity index (χ2n) is 10.6. The SMILES string of the molecule is CN(c1ccnc(NCCc2ccc(C(C)(NC(=O)O)C(C)(C)C)cc2)n1)c1ccnc(-c2ccccc2)n1. The third kappa shape index (κ3) is 6.49. The summed E-state index contributed by atoms with van der Waals surface area (Å²) in [7, 11) is 1.91. The first kappa shape index (κ1) is 27.5. The van der Waals surface area contributed by atoms with Crippen molar-refractivity contribution >= 4 is 23.7 Å². The van der Waals surface area contributed by atoms with Gasteiger partial charge in [-0.05, 0) is 42.0 Å². The van der Waals surface area contributed by atoms with Crippen LogP contribution in [0.3, 0.4) is 0 Å². The van der Waals surface area contributed by atoms with Crippen molar-refractivity contribution in [1.82, 2.24) is 25.3 Å². The average molecular weight is 526 g/mol. The summed E-state index contributed by atoms with van der Waals surface area (Å²) >= 11 is 0. The molecule has 0 bridgehead atoms. The van der Waals surface area contributed by atoms with Gasteiger partial charge in [-0.3, -0.25) is 0 Å². The first-order valence-corrected chi connectivity index (χ1v) is 12.9. The van der Waals surface area contributed by atoms with Crippen LogP contribution in [0.25, 0.3) is 11.4 Å². The highest BCUT2D eigenvalue weighted by Gasteiger charge is 2.40. The zero-order valence-corrected chi connectivity index (χ0v) is 23.0. The Morgan fingerprint density at radius 2 is 1.51 bits per heavy atom. The minimum Gasteiger partial charge on any atom is -0.465 e. The molecule has 9 nitrogen and oxygen atoms in total. The van der Waals surface area contributed by atoms with Crippen LogP contribution in [0.4, 0.5) is 22.4 Å². The smallest absolute Gasteiger partial charge is 0.405 e. The predicted octanol–water partition coefficient (Wildman–Crippen LogP) is 5.89. The van der Waals surface area contributed by atoms with Gasteiger partial charge >= 0.3 is 6.09 Å². The quantitative estimate of drug-likeness (QED) is 0.248. The number of hydrogen-bond acceptors (Lipinski definition) is 7. The van der Waals surface area contributed by atoms with Crippen LogP contribution < -0.4 is 15.5 Å². The van der Waals surface area contributed by atoms with Crippen molar-refractivity contribution in [2.75, 3.05) is 23.8 Å².